The molecule has 2 aromatic carbocycles. The predicted octanol–water partition coefficient (Wildman–Crippen LogP) is 3.14. The summed E-state index contributed by atoms with van der Waals surface area (Å²) < 4.78 is 19.7. The highest BCUT2D eigenvalue weighted by atomic mass is 32.2. The van der Waals surface area contributed by atoms with Crippen LogP contribution in [-0.2, 0) is 9.59 Å². The molecule has 0 atom stereocenters. The molecule has 3 aromatic rings. The van der Waals surface area contributed by atoms with E-state index < -0.39 is 5.82 Å². The standard InChI is InChI=1S/C22H22FN5O3S2/c23-17-8-4-5-9-18(17)31-14-20(30)27-10-12-28(13-11-27)21-25-26-22(33-21)32-15-19(29)24-16-6-2-1-3-7-16/h1-9H,10-15H2,(H,24,29). The van der Waals surface area contributed by atoms with Crippen molar-refractivity contribution in [2.45, 2.75) is 4.34 Å². The fraction of sp³-hybridized carbons (Fsp3) is 0.273. The minimum atomic E-state index is -0.488. The van der Waals surface area contributed by atoms with Crippen molar-refractivity contribution in [3.05, 3.63) is 60.4 Å². The normalized spacial score (nSPS) is 13.6. The molecule has 2 heterocycles. The van der Waals surface area contributed by atoms with E-state index in [1.165, 1.54) is 35.2 Å². The number of ether oxygens (including phenoxy) is 1. The minimum Gasteiger partial charge on any atom is -0.481 e. The second-order valence-electron chi connectivity index (χ2n) is 7.14. The molecule has 1 N–H and O–H groups in total. The third-order valence-corrected chi connectivity index (χ3v) is 6.99. The van der Waals surface area contributed by atoms with E-state index in [9.17, 15) is 14.0 Å². The van der Waals surface area contributed by atoms with Crippen molar-refractivity contribution in [3.8, 4) is 5.75 Å². The van der Waals surface area contributed by atoms with Crippen molar-refractivity contribution < 1.29 is 18.7 Å². The lowest BCUT2D eigenvalue weighted by Gasteiger charge is -2.34. The molecule has 11 heteroatoms. The van der Waals surface area contributed by atoms with Gasteiger partial charge in [0.1, 0.15) is 0 Å². The summed E-state index contributed by atoms with van der Waals surface area (Å²) in [4.78, 5) is 28.3. The Kier molecular flexibility index (Phi) is 7.74. The van der Waals surface area contributed by atoms with Crippen LogP contribution in [0.5, 0.6) is 5.75 Å². The van der Waals surface area contributed by atoms with Gasteiger partial charge >= 0.3 is 0 Å². The lowest BCUT2D eigenvalue weighted by Crippen LogP contribution is -2.50. The van der Waals surface area contributed by atoms with Gasteiger partial charge in [0.05, 0.1) is 5.75 Å². The number of piperazine rings is 1. The van der Waals surface area contributed by atoms with Crippen LogP contribution in [0.15, 0.2) is 58.9 Å². The fourth-order valence-electron chi connectivity index (χ4n) is 3.17. The average Bonchev–Trinajstić information content (AvgIpc) is 3.32. The molecule has 1 fully saturated rings. The van der Waals surface area contributed by atoms with Crippen LogP contribution >= 0.6 is 23.1 Å². The van der Waals surface area contributed by atoms with Crippen LogP contribution < -0.4 is 15.0 Å². The molecule has 8 nitrogen and oxygen atoms in total. The van der Waals surface area contributed by atoms with E-state index in [4.69, 9.17) is 4.74 Å². The number of thioether (sulfide) groups is 1. The highest BCUT2D eigenvalue weighted by Gasteiger charge is 2.24. The summed E-state index contributed by atoms with van der Waals surface area (Å²) in [5, 5.41) is 12.0. The van der Waals surface area contributed by atoms with Crippen LogP contribution in [0.2, 0.25) is 0 Å². The van der Waals surface area contributed by atoms with Gasteiger partial charge in [0.15, 0.2) is 22.5 Å². The molecule has 1 aliphatic heterocycles. The van der Waals surface area contributed by atoms with Gasteiger partial charge in [0.25, 0.3) is 5.91 Å². The predicted molar refractivity (Wildman–Crippen MR) is 126 cm³/mol. The van der Waals surface area contributed by atoms with E-state index in [-0.39, 0.29) is 29.9 Å². The third kappa shape index (κ3) is 6.42. The molecule has 4 rings (SSSR count). The number of benzene rings is 2. The van der Waals surface area contributed by atoms with Crippen LogP contribution in [0, 0.1) is 5.82 Å². The largest absolute Gasteiger partial charge is 0.481 e. The Morgan fingerprint density at radius 1 is 1.03 bits per heavy atom. The zero-order valence-corrected chi connectivity index (χ0v) is 19.3. The second kappa shape index (κ2) is 11.1. The van der Waals surface area contributed by atoms with Crippen LogP contribution in [0.3, 0.4) is 0 Å². The number of rotatable bonds is 8. The molecule has 0 saturated carbocycles. The summed E-state index contributed by atoms with van der Waals surface area (Å²) in [7, 11) is 0. The summed E-state index contributed by atoms with van der Waals surface area (Å²) in [5.41, 5.74) is 0.757. The maximum Gasteiger partial charge on any atom is 0.260 e. The molecular formula is C22H22FN5O3S2. The van der Waals surface area contributed by atoms with Gasteiger partial charge in [-0.3, -0.25) is 9.59 Å². The number of halogens is 1. The van der Waals surface area contributed by atoms with Gasteiger partial charge in [0, 0.05) is 31.9 Å². The van der Waals surface area contributed by atoms with Crippen molar-refractivity contribution in [2.24, 2.45) is 0 Å². The van der Waals surface area contributed by atoms with Gasteiger partial charge in [-0.25, -0.2) is 4.39 Å². The maximum absolute atomic E-state index is 13.6. The lowest BCUT2D eigenvalue weighted by molar-refractivity contribution is -0.133. The maximum atomic E-state index is 13.6. The fourth-order valence-corrected chi connectivity index (χ4v) is 4.87. The van der Waals surface area contributed by atoms with Crippen LogP contribution in [-0.4, -0.2) is 65.5 Å². The number of para-hydroxylation sites is 2. The Labute approximate surface area is 198 Å². The quantitative estimate of drug-likeness (QED) is 0.489. The molecule has 0 unspecified atom stereocenters. The first-order valence-corrected chi connectivity index (χ1v) is 12.1. The highest BCUT2D eigenvalue weighted by molar-refractivity contribution is 8.01. The lowest BCUT2D eigenvalue weighted by atomic mass is 10.3. The zero-order chi connectivity index (χ0) is 23.0. The number of anilines is 2. The summed E-state index contributed by atoms with van der Waals surface area (Å²) in [6.07, 6.45) is 0. The number of amides is 2. The summed E-state index contributed by atoms with van der Waals surface area (Å²) in [5.74, 6) is -0.463. The van der Waals surface area contributed by atoms with Crippen LogP contribution in [0.25, 0.3) is 0 Å². The SMILES string of the molecule is O=C(CSc1nnc(N2CCN(C(=O)COc3ccccc3F)CC2)s1)Nc1ccccc1. The van der Waals surface area contributed by atoms with Gasteiger partial charge in [-0.15, -0.1) is 10.2 Å². The molecule has 172 valence electrons. The Hall–Kier alpha value is -3.18. The first-order chi connectivity index (χ1) is 16.1. The molecule has 33 heavy (non-hydrogen) atoms. The Morgan fingerprint density at radius 3 is 2.52 bits per heavy atom. The number of nitrogens with zero attached hydrogens (tertiary/aromatic N) is 4. The van der Waals surface area contributed by atoms with Crippen molar-refractivity contribution >= 4 is 45.7 Å². The molecule has 0 bridgehead atoms. The highest BCUT2D eigenvalue weighted by Crippen LogP contribution is 2.28. The van der Waals surface area contributed by atoms with E-state index in [1.54, 1.807) is 17.0 Å². The van der Waals surface area contributed by atoms with E-state index in [2.05, 4.69) is 20.4 Å². The number of nitrogens with one attached hydrogen (secondary N) is 1. The Bertz CT molecular complexity index is 1090. The van der Waals surface area contributed by atoms with Gasteiger partial charge in [-0.05, 0) is 24.3 Å². The van der Waals surface area contributed by atoms with E-state index in [1.807, 2.05) is 30.3 Å². The Morgan fingerprint density at radius 2 is 1.76 bits per heavy atom. The van der Waals surface area contributed by atoms with Crippen LogP contribution in [0.4, 0.5) is 15.2 Å². The first-order valence-electron chi connectivity index (χ1n) is 10.3. The van der Waals surface area contributed by atoms with E-state index in [0.717, 1.165) is 10.8 Å². The van der Waals surface area contributed by atoms with Crippen molar-refractivity contribution in [1.82, 2.24) is 15.1 Å². The van der Waals surface area contributed by atoms with E-state index >= 15 is 0 Å². The molecule has 1 aromatic heterocycles. The average molecular weight is 488 g/mol. The van der Waals surface area contributed by atoms with Crippen LogP contribution in [0.1, 0.15) is 0 Å². The molecule has 0 spiro atoms. The van der Waals surface area contributed by atoms with Gasteiger partial charge in [-0.1, -0.05) is 53.4 Å². The Balaban J connectivity index is 1.20. The minimum absolute atomic E-state index is 0.0702. The molecule has 0 aliphatic carbocycles. The smallest absolute Gasteiger partial charge is 0.260 e. The van der Waals surface area contributed by atoms with Gasteiger partial charge in [-0.2, -0.15) is 0 Å². The monoisotopic (exact) mass is 487 g/mol. The topological polar surface area (TPSA) is 87.7 Å². The van der Waals surface area contributed by atoms with Gasteiger partial charge < -0.3 is 19.9 Å². The van der Waals surface area contributed by atoms with Crippen molar-refractivity contribution in [2.75, 3.05) is 48.8 Å². The molecule has 2 amide bonds. The first kappa shape index (κ1) is 23.0. The zero-order valence-electron chi connectivity index (χ0n) is 17.6. The summed E-state index contributed by atoms with van der Waals surface area (Å²) in [6, 6.07) is 15.3. The number of hydrogen-bond donors (Lipinski definition) is 1. The molecule has 1 aliphatic rings. The van der Waals surface area contributed by atoms with E-state index in [0.29, 0.717) is 30.5 Å². The number of carbonyl (C=O) groups excluding carboxylic acids is 2. The summed E-state index contributed by atoms with van der Waals surface area (Å²) >= 11 is 2.76. The molecular weight excluding hydrogens is 465 g/mol. The summed E-state index contributed by atoms with van der Waals surface area (Å²) in [6.45, 7) is 2.05. The number of hydrogen-bond acceptors (Lipinski definition) is 8. The number of carbonyl (C=O) groups is 2. The van der Waals surface area contributed by atoms with Gasteiger partial charge in [0.2, 0.25) is 11.0 Å². The van der Waals surface area contributed by atoms with Crippen molar-refractivity contribution in [3.63, 3.8) is 0 Å². The number of aromatic nitrogens is 2. The molecule has 0 radical (unpaired) electrons. The van der Waals surface area contributed by atoms with Crippen molar-refractivity contribution in [1.29, 1.82) is 0 Å². The third-order valence-electron chi connectivity index (χ3n) is 4.87. The second-order valence-corrected chi connectivity index (χ2v) is 9.32. The molecule has 1 saturated heterocycles.